The maximum atomic E-state index is 2.34. The van der Waals surface area contributed by atoms with Crippen LogP contribution in [0.5, 0.6) is 0 Å². The van der Waals surface area contributed by atoms with E-state index in [2.05, 4.69) is 27.7 Å². The van der Waals surface area contributed by atoms with E-state index in [4.69, 9.17) is 0 Å². The molecule has 0 aromatic rings. The zero-order valence-corrected chi connectivity index (χ0v) is 55.0. The van der Waals surface area contributed by atoms with E-state index >= 15 is 0 Å². The molecule has 0 aromatic heterocycles. The van der Waals surface area contributed by atoms with Crippen molar-refractivity contribution in [2.75, 3.05) is 24.6 Å². The summed E-state index contributed by atoms with van der Waals surface area (Å²) in [6.07, 6.45) is 106. The second-order valence-electron chi connectivity index (χ2n) is 26.4. The Labute approximate surface area is 480 Å². The molecule has 0 saturated carbocycles. The van der Waals surface area contributed by atoms with Crippen LogP contribution < -0.4 is 0 Å². The SMILES string of the molecule is CCCCCCCCCCCCCCCCCCC[PH](CCCCCCCCCCCCCCCCC)(CCCCCCCCCCCCCCCCCCC)CCCCCCCCCCCCCCCCCCC. The first-order chi connectivity index (χ1) is 37.2. The van der Waals surface area contributed by atoms with Gasteiger partial charge in [-0.1, -0.05) is 169 Å². The third-order valence-electron chi connectivity index (χ3n) is 18.7. The second-order valence-corrected chi connectivity index (χ2v) is 31.4. The van der Waals surface area contributed by atoms with Crippen molar-refractivity contribution in [1.29, 1.82) is 0 Å². The second kappa shape index (κ2) is 68.7. The van der Waals surface area contributed by atoms with Crippen molar-refractivity contribution in [2.24, 2.45) is 0 Å². The van der Waals surface area contributed by atoms with E-state index < -0.39 is 7.26 Å². The van der Waals surface area contributed by atoms with Crippen LogP contribution in [0.2, 0.25) is 0 Å². The van der Waals surface area contributed by atoms with E-state index in [9.17, 15) is 0 Å². The summed E-state index contributed by atoms with van der Waals surface area (Å²) in [4.78, 5) is 0. The molecule has 0 atom stereocenters. The molecular weight excluding hydrogens is 920 g/mol. The van der Waals surface area contributed by atoms with Gasteiger partial charge in [-0.05, 0) is 0 Å². The van der Waals surface area contributed by atoms with Gasteiger partial charge < -0.3 is 0 Å². The smallest absolute Gasteiger partial charge is 0.0654 e. The van der Waals surface area contributed by atoms with Gasteiger partial charge >= 0.3 is 314 Å². The van der Waals surface area contributed by atoms with Crippen LogP contribution >= 0.6 is 7.26 Å². The monoisotopic (exact) mass is 1070 g/mol. The Bertz CT molecular complexity index is 862. The van der Waals surface area contributed by atoms with Gasteiger partial charge in [0.05, 0.1) is 0 Å². The molecule has 1 heteroatoms. The molecule has 75 heavy (non-hydrogen) atoms. The van der Waals surface area contributed by atoms with Crippen molar-refractivity contribution in [3.05, 3.63) is 0 Å². The van der Waals surface area contributed by atoms with E-state index in [-0.39, 0.29) is 0 Å². The minimum absolute atomic E-state index is 1.23. The maximum absolute atomic E-state index is 2.34. The molecule has 0 rings (SSSR count). The summed E-state index contributed by atoms with van der Waals surface area (Å²) in [5.41, 5.74) is 0. The zero-order chi connectivity index (χ0) is 54.0. The van der Waals surface area contributed by atoms with Crippen molar-refractivity contribution in [3.8, 4) is 0 Å². The van der Waals surface area contributed by atoms with E-state index in [0.29, 0.717) is 0 Å². The predicted molar refractivity (Wildman–Crippen MR) is 355 cm³/mol. The van der Waals surface area contributed by atoms with Crippen LogP contribution in [0.3, 0.4) is 0 Å². The molecule has 0 spiro atoms. The van der Waals surface area contributed by atoms with Gasteiger partial charge in [0.25, 0.3) is 0 Å². The minimum Gasteiger partial charge on any atom is -0.0654 e. The molecular formula is C74H153P. The summed E-state index contributed by atoms with van der Waals surface area (Å²) < 4.78 is 0. The third kappa shape index (κ3) is 63.5. The molecule has 0 radical (unpaired) electrons. The van der Waals surface area contributed by atoms with Crippen LogP contribution in [-0.2, 0) is 0 Å². The fourth-order valence-corrected chi connectivity index (χ4v) is 18.8. The Kier molecular flexibility index (Phi) is 69.1. The molecule has 0 amide bonds. The normalized spacial score (nSPS) is 12.2. The molecule has 0 aliphatic heterocycles. The van der Waals surface area contributed by atoms with Gasteiger partial charge in [0.1, 0.15) is 0 Å². The Morgan fingerprint density at radius 3 is 0.280 bits per heavy atom. The molecule has 454 valence electrons. The van der Waals surface area contributed by atoms with Gasteiger partial charge in [0.15, 0.2) is 0 Å². The Balaban J connectivity index is 4.96. The number of hydrogen-bond acceptors (Lipinski definition) is 0. The summed E-state index contributed by atoms with van der Waals surface area (Å²) in [7, 11) is -1.23. The Morgan fingerprint density at radius 2 is 0.187 bits per heavy atom. The first kappa shape index (κ1) is 75.4. The first-order valence-corrected chi connectivity index (χ1v) is 40.1. The van der Waals surface area contributed by atoms with E-state index in [1.807, 2.05) is 0 Å². The molecule has 0 N–H and O–H groups in total. The fraction of sp³-hybridized carbons (Fsp3) is 1.00. The summed E-state index contributed by atoms with van der Waals surface area (Å²) in [5.74, 6) is 0. The number of unbranched alkanes of at least 4 members (excludes halogenated alkanes) is 62. The van der Waals surface area contributed by atoms with Crippen molar-refractivity contribution in [2.45, 2.75) is 451 Å². The molecule has 0 saturated heterocycles. The quantitative estimate of drug-likeness (QED) is 0.0421. The van der Waals surface area contributed by atoms with Gasteiger partial charge in [-0.3, -0.25) is 0 Å². The van der Waals surface area contributed by atoms with Crippen LogP contribution in [0.1, 0.15) is 451 Å². The summed E-state index contributed by atoms with van der Waals surface area (Å²) in [6.45, 7) is 9.34. The molecule has 0 aliphatic rings. The average Bonchev–Trinajstić information content (AvgIpc) is 3.42. The number of rotatable bonds is 70. The average molecular weight is 1070 g/mol. The molecule has 0 aliphatic carbocycles. The van der Waals surface area contributed by atoms with Gasteiger partial charge in [0, 0.05) is 0 Å². The van der Waals surface area contributed by atoms with Gasteiger partial charge in [-0.2, -0.15) is 0 Å². The Hall–Kier alpha value is 0.430. The van der Waals surface area contributed by atoms with Gasteiger partial charge in [-0.15, -0.1) is 0 Å². The van der Waals surface area contributed by atoms with E-state index in [1.165, 1.54) is 372 Å². The third-order valence-corrected chi connectivity index (χ3v) is 24.4. The molecule has 0 nitrogen and oxygen atoms in total. The molecule has 0 fully saturated rings. The standard InChI is InChI=1S/C74H153P/c1-5-9-13-17-21-25-29-33-37-40-44-48-52-56-60-64-68-72-75(71-67-63-59-55-51-47-43-36-32-28-24-20-16-12-8-4,73-69-65-61-57-53-49-45-41-38-34-30-26-22-18-14-10-6-2)74-70-66-62-58-54-50-46-42-39-35-31-27-23-19-15-11-7-3/h75H,5-74H2,1-4H3. The topological polar surface area (TPSA) is 0 Å². The van der Waals surface area contributed by atoms with Crippen molar-refractivity contribution < 1.29 is 0 Å². The fourth-order valence-electron chi connectivity index (χ4n) is 13.3. The first-order valence-electron chi connectivity index (χ1n) is 37.2. The van der Waals surface area contributed by atoms with Crippen LogP contribution in [0.4, 0.5) is 0 Å². The zero-order valence-electron chi connectivity index (χ0n) is 54.0. The number of hydrogen-bond donors (Lipinski definition) is 0. The van der Waals surface area contributed by atoms with Crippen LogP contribution in [0.15, 0.2) is 0 Å². The van der Waals surface area contributed by atoms with Crippen molar-refractivity contribution in [3.63, 3.8) is 0 Å². The summed E-state index contributed by atoms with van der Waals surface area (Å²) in [5, 5.41) is 0. The van der Waals surface area contributed by atoms with Crippen LogP contribution in [-0.4, -0.2) is 24.6 Å². The van der Waals surface area contributed by atoms with Crippen LogP contribution in [0.25, 0.3) is 0 Å². The van der Waals surface area contributed by atoms with Crippen LogP contribution in [0, 0.1) is 0 Å². The van der Waals surface area contributed by atoms with E-state index in [0.717, 1.165) is 0 Å². The molecule has 0 heterocycles. The van der Waals surface area contributed by atoms with E-state index in [1.54, 1.807) is 76.0 Å². The van der Waals surface area contributed by atoms with Gasteiger partial charge in [0.2, 0.25) is 0 Å². The van der Waals surface area contributed by atoms with Crippen molar-refractivity contribution >= 4 is 7.26 Å². The van der Waals surface area contributed by atoms with Gasteiger partial charge in [-0.25, -0.2) is 0 Å². The Morgan fingerprint density at radius 1 is 0.107 bits per heavy atom. The summed E-state index contributed by atoms with van der Waals surface area (Å²) >= 11 is 0. The molecule has 0 aromatic carbocycles. The summed E-state index contributed by atoms with van der Waals surface area (Å²) in [6, 6.07) is 0. The molecule has 0 unspecified atom stereocenters. The minimum atomic E-state index is -1.23. The molecule has 0 bridgehead atoms. The predicted octanol–water partition coefficient (Wildman–Crippen LogP) is 28.6. The van der Waals surface area contributed by atoms with Crippen molar-refractivity contribution in [1.82, 2.24) is 0 Å².